The van der Waals surface area contributed by atoms with E-state index in [0.29, 0.717) is 17.2 Å². The summed E-state index contributed by atoms with van der Waals surface area (Å²) in [6, 6.07) is 7.25. The molecule has 0 aliphatic carbocycles. The highest BCUT2D eigenvalue weighted by molar-refractivity contribution is 5.85. The Hall–Kier alpha value is -2.16. The average Bonchev–Trinajstić information content (AvgIpc) is 2.67. The maximum absolute atomic E-state index is 11.2. The number of rotatable bonds is 7. The summed E-state index contributed by atoms with van der Waals surface area (Å²) in [6.07, 6.45) is 5.08. The fraction of sp³-hybridized carbons (Fsp3) is 0.500. The zero-order chi connectivity index (χ0) is 20.1. The number of nitrogens with zero attached hydrogens (tertiary/aromatic N) is 4. The third-order valence-electron chi connectivity index (χ3n) is 5.00. The second-order valence-corrected chi connectivity index (χ2v) is 7.38. The highest BCUT2D eigenvalue weighted by Gasteiger charge is 2.20. The molecule has 0 bridgehead atoms. The molecule has 1 unspecified atom stereocenters. The zero-order valence-electron chi connectivity index (χ0n) is 17.3. The molecule has 10 heteroatoms. The Bertz CT molecular complexity index is 852. The quantitative estimate of drug-likeness (QED) is 0.464. The van der Waals surface area contributed by atoms with E-state index in [0.717, 1.165) is 56.7 Å². The van der Waals surface area contributed by atoms with Crippen LogP contribution in [0.2, 0.25) is 0 Å². The number of piperidine rings is 1. The van der Waals surface area contributed by atoms with Crippen molar-refractivity contribution in [3.63, 3.8) is 0 Å². The van der Waals surface area contributed by atoms with Crippen LogP contribution >= 0.6 is 24.8 Å². The van der Waals surface area contributed by atoms with Crippen LogP contribution in [0.25, 0.3) is 0 Å². The second kappa shape index (κ2) is 11.9. The van der Waals surface area contributed by atoms with Gasteiger partial charge in [0.25, 0.3) is 5.69 Å². The fourth-order valence-electron chi connectivity index (χ4n) is 3.42. The van der Waals surface area contributed by atoms with Crippen LogP contribution in [0, 0.1) is 17.0 Å². The lowest BCUT2D eigenvalue weighted by Crippen LogP contribution is -2.43. The molecule has 0 amide bonds. The highest BCUT2D eigenvalue weighted by Crippen LogP contribution is 2.26. The van der Waals surface area contributed by atoms with E-state index in [2.05, 4.69) is 27.1 Å². The molecule has 0 saturated carbocycles. The average molecular weight is 457 g/mol. The molecule has 1 fully saturated rings. The van der Waals surface area contributed by atoms with Crippen molar-refractivity contribution in [2.75, 3.05) is 23.3 Å². The first-order chi connectivity index (χ1) is 13.5. The lowest BCUT2D eigenvalue weighted by Gasteiger charge is -2.32. The van der Waals surface area contributed by atoms with Crippen molar-refractivity contribution >= 4 is 48.0 Å². The molecule has 0 radical (unpaired) electrons. The molecule has 3 N–H and O–H groups in total. The molecular formula is C20H30Cl2N6O2. The van der Waals surface area contributed by atoms with Crippen molar-refractivity contribution in [3.8, 4) is 0 Å². The minimum Gasteiger partial charge on any atom is -0.355 e. The monoisotopic (exact) mass is 456 g/mol. The van der Waals surface area contributed by atoms with E-state index < -0.39 is 0 Å². The SMILES string of the molecule is CCCCc1cc(N2CCCC(N)C2)nc(Nc2ccc(C)c([N+](=O)[O-])c2)n1.Cl.Cl. The van der Waals surface area contributed by atoms with Crippen LogP contribution in [0.5, 0.6) is 0 Å². The second-order valence-electron chi connectivity index (χ2n) is 7.38. The maximum atomic E-state index is 11.2. The standard InChI is InChI=1S/C20H28N6O2.2ClH/c1-3-4-7-16-12-19(25-10-5-6-15(21)13-25)24-20(22-16)23-17-9-8-14(2)18(11-17)26(27)28;;/h8-9,11-12,15H,3-7,10,13,21H2,1-2H3,(H,22,23,24);2*1H. The van der Waals surface area contributed by atoms with Gasteiger partial charge < -0.3 is 16.0 Å². The van der Waals surface area contributed by atoms with Gasteiger partial charge in [0, 0.05) is 48.2 Å². The van der Waals surface area contributed by atoms with Crippen LogP contribution in [-0.4, -0.2) is 34.0 Å². The number of nitro groups is 1. The van der Waals surface area contributed by atoms with Gasteiger partial charge in [0.2, 0.25) is 5.95 Å². The van der Waals surface area contributed by atoms with E-state index in [-0.39, 0.29) is 41.5 Å². The first-order valence-electron chi connectivity index (χ1n) is 9.87. The molecule has 1 aliphatic heterocycles. The molecular weight excluding hydrogens is 427 g/mol. The van der Waals surface area contributed by atoms with Gasteiger partial charge in [-0.3, -0.25) is 10.1 Å². The molecule has 1 aromatic heterocycles. The van der Waals surface area contributed by atoms with Crippen molar-refractivity contribution in [2.24, 2.45) is 5.73 Å². The van der Waals surface area contributed by atoms with E-state index in [1.165, 1.54) is 6.07 Å². The van der Waals surface area contributed by atoms with Crippen molar-refractivity contribution < 1.29 is 4.92 Å². The van der Waals surface area contributed by atoms with Gasteiger partial charge in [-0.25, -0.2) is 4.98 Å². The Balaban J connectivity index is 0.00000225. The van der Waals surface area contributed by atoms with E-state index in [9.17, 15) is 10.1 Å². The van der Waals surface area contributed by atoms with Gasteiger partial charge in [0.15, 0.2) is 0 Å². The van der Waals surface area contributed by atoms with Crippen molar-refractivity contribution in [1.82, 2.24) is 9.97 Å². The highest BCUT2D eigenvalue weighted by atomic mass is 35.5. The lowest BCUT2D eigenvalue weighted by molar-refractivity contribution is -0.385. The van der Waals surface area contributed by atoms with Crippen LogP contribution in [0.15, 0.2) is 24.3 Å². The number of aromatic nitrogens is 2. The largest absolute Gasteiger partial charge is 0.355 e. The summed E-state index contributed by atoms with van der Waals surface area (Å²) >= 11 is 0. The van der Waals surface area contributed by atoms with Crippen LogP contribution in [-0.2, 0) is 6.42 Å². The third kappa shape index (κ3) is 6.68. The van der Waals surface area contributed by atoms with E-state index in [1.807, 2.05) is 6.07 Å². The van der Waals surface area contributed by atoms with Crippen LogP contribution in [0.4, 0.5) is 23.1 Å². The zero-order valence-corrected chi connectivity index (χ0v) is 19.0. The smallest absolute Gasteiger partial charge is 0.274 e. The molecule has 8 nitrogen and oxygen atoms in total. The summed E-state index contributed by atoms with van der Waals surface area (Å²) in [5.74, 6) is 1.32. The summed E-state index contributed by atoms with van der Waals surface area (Å²) in [5.41, 5.74) is 8.41. The summed E-state index contributed by atoms with van der Waals surface area (Å²) in [5, 5.41) is 14.4. The Morgan fingerprint density at radius 1 is 1.30 bits per heavy atom. The summed E-state index contributed by atoms with van der Waals surface area (Å²) in [7, 11) is 0. The summed E-state index contributed by atoms with van der Waals surface area (Å²) in [6.45, 7) is 5.57. The van der Waals surface area contributed by atoms with Crippen LogP contribution in [0.3, 0.4) is 0 Å². The number of aryl methyl sites for hydroxylation is 2. The maximum Gasteiger partial charge on any atom is 0.274 e. The van der Waals surface area contributed by atoms with Gasteiger partial charge in [-0.05, 0) is 38.7 Å². The number of nitrogens with two attached hydrogens (primary N) is 1. The predicted octanol–water partition coefficient (Wildman–Crippen LogP) is 4.55. The number of hydrogen-bond acceptors (Lipinski definition) is 7. The summed E-state index contributed by atoms with van der Waals surface area (Å²) < 4.78 is 0. The minimum atomic E-state index is -0.375. The number of nitrogens with one attached hydrogen (secondary N) is 1. The van der Waals surface area contributed by atoms with Crippen LogP contribution in [0.1, 0.15) is 43.9 Å². The minimum absolute atomic E-state index is 0. The number of anilines is 3. The van der Waals surface area contributed by atoms with Crippen LogP contribution < -0.4 is 16.0 Å². The van der Waals surface area contributed by atoms with Crippen molar-refractivity contribution in [1.29, 1.82) is 0 Å². The summed E-state index contributed by atoms with van der Waals surface area (Å²) in [4.78, 5) is 22.3. The molecule has 3 rings (SSSR count). The molecule has 1 aliphatic rings. The van der Waals surface area contributed by atoms with E-state index in [4.69, 9.17) is 5.73 Å². The van der Waals surface area contributed by atoms with E-state index in [1.54, 1.807) is 19.1 Å². The number of nitro benzene ring substituents is 1. The van der Waals surface area contributed by atoms with Gasteiger partial charge in [0.05, 0.1) is 4.92 Å². The van der Waals surface area contributed by atoms with Gasteiger partial charge in [-0.15, -0.1) is 24.8 Å². The van der Waals surface area contributed by atoms with Gasteiger partial charge in [0.1, 0.15) is 5.82 Å². The Morgan fingerprint density at radius 2 is 2.07 bits per heavy atom. The fourth-order valence-corrected chi connectivity index (χ4v) is 3.42. The molecule has 2 heterocycles. The molecule has 1 atom stereocenters. The third-order valence-corrected chi connectivity index (χ3v) is 5.00. The molecule has 30 heavy (non-hydrogen) atoms. The van der Waals surface area contributed by atoms with E-state index >= 15 is 0 Å². The number of halogens is 2. The Morgan fingerprint density at radius 3 is 2.73 bits per heavy atom. The Labute approximate surface area is 189 Å². The number of unbranched alkanes of at least 4 members (excludes halogenated alkanes) is 1. The topological polar surface area (TPSA) is 110 Å². The normalized spacial score (nSPS) is 15.7. The number of benzene rings is 1. The molecule has 1 saturated heterocycles. The molecule has 166 valence electrons. The molecule has 1 aromatic carbocycles. The molecule has 2 aromatic rings. The van der Waals surface area contributed by atoms with Crippen molar-refractivity contribution in [3.05, 3.63) is 45.6 Å². The number of hydrogen-bond donors (Lipinski definition) is 2. The first-order valence-corrected chi connectivity index (χ1v) is 9.87. The predicted molar refractivity (Wildman–Crippen MR) is 126 cm³/mol. The lowest BCUT2D eigenvalue weighted by atomic mass is 10.1. The van der Waals surface area contributed by atoms with Crippen molar-refractivity contribution in [2.45, 2.75) is 52.0 Å². The van der Waals surface area contributed by atoms with Gasteiger partial charge >= 0.3 is 0 Å². The first kappa shape index (κ1) is 25.9. The van der Waals surface area contributed by atoms with Gasteiger partial charge in [-0.2, -0.15) is 4.98 Å². The Kier molecular flexibility index (Phi) is 10.2. The van der Waals surface area contributed by atoms with Gasteiger partial charge in [-0.1, -0.05) is 19.4 Å². The molecule has 0 spiro atoms.